The lowest BCUT2D eigenvalue weighted by atomic mass is 10.2. The first-order valence-electron chi connectivity index (χ1n) is 7.75. The minimum absolute atomic E-state index is 0.178. The normalized spacial score (nSPS) is 9.92. The summed E-state index contributed by atoms with van der Waals surface area (Å²) < 4.78 is 23.6. The number of rotatable bonds is 6. The molecule has 0 unspecified atom stereocenters. The van der Waals surface area contributed by atoms with E-state index < -0.39 is 30.2 Å². The van der Waals surface area contributed by atoms with E-state index in [0.29, 0.717) is 12.4 Å². The fourth-order valence-electron chi connectivity index (χ4n) is 2.00. The number of nitrogens with one attached hydrogen (secondary N) is 2. The van der Waals surface area contributed by atoms with Gasteiger partial charge in [0, 0.05) is 0 Å². The number of hydrogen-bond donors (Lipinski definition) is 2. The van der Waals surface area contributed by atoms with Gasteiger partial charge in [0.15, 0.2) is 6.61 Å². The minimum Gasteiger partial charge on any atom is -0.493 e. The Labute approximate surface area is 149 Å². The molecule has 0 aromatic heterocycles. The van der Waals surface area contributed by atoms with Gasteiger partial charge in [0.05, 0.1) is 12.2 Å². The van der Waals surface area contributed by atoms with Crippen molar-refractivity contribution >= 4 is 17.8 Å². The molecule has 8 heteroatoms. The summed E-state index contributed by atoms with van der Waals surface area (Å²) in [5.74, 6) is -2.74. The van der Waals surface area contributed by atoms with Crippen molar-refractivity contribution < 1.29 is 28.2 Å². The van der Waals surface area contributed by atoms with Crippen molar-refractivity contribution in [1.82, 2.24) is 10.9 Å². The molecule has 0 fully saturated rings. The van der Waals surface area contributed by atoms with Crippen LogP contribution in [0.3, 0.4) is 0 Å². The van der Waals surface area contributed by atoms with Gasteiger partial charge in [0.1, 0.15) is 17.1 Å². The Morgan fingerprint density at radius 3 is 2.31 bits per heavy atom. The molecule has 0 spiro atoms. The van der Waals surface area contributed by atoms with Gasteiger partial charge in [0.25, 0.3) is 11.8 Å². The SMILES string of the molecule is CCOc1ccccc1C(=O)OCC(=O)NNC(=O)c1ccccc1F. The molecular weight excluding hydrogens is 343 g/mol. The number of carbonyl (C=O) groups is 3. The third-order valence-electron chi connectivity index (χ3n) is 3.18. The van der Waals surface area contributed by atoms with Gasteiger partial charge in [-0.3, -0.25) is 20.4 Å². The lowest BCUT2D eigenvalue weighted by molar-refractivity contribution is -0.125. The Morgan fingerprint density at radius 2 is 1.62 bits per heavy atom. The molecule has 26 heavy (non-hydrogen) atoms. The Balaban J connectivity index is 1.84. The molecule has 0 radical (unpaired) electrons. The van der Waals surface area contributed by atoms with Crippen LogP contribution in [-0.4, -0.2) is 31.0 Å². The van der Waals surface area contributed by atoms with Gasteiger partial charge in [0.2, 0.25) is 0 Å². The average molecular weight is 360 g/mol. The van der Waals surface area contributed by atoms with Crippen molar-refractivity contribution in [2.75, 3.05) is 13.2 Å². The molecule has 0 aliphatic carbocycles. The number of carbonyl (C=O) groups excluding carboxylic acids is 3. The quantitative estimate of drug-likeness (QED) is 0.606. The van der Waals surface area contributed by atoms with Crippen LogP contribution in [0.4, 0.5) is 4.39 Å². The molecule has 0 saturated heterocycles. The molecular formula is C18H17FN2O5. The molecule has 7 nitrogen and oxygen atoms in total. The molecule has 0 atom stereocenters. The number of halogens is 1. The number of para-hydroxylation sites is 1. The van der Waals surface area contributed by atoms with Crippen LogP contribution in [0.2, 0.25) is 0 Å². The molecule has 2 amide bonds. The van der Waals surface area contributed by atoms with Gasteiger partial charge in [-0.25, -0.2) is 9.18 Å². The highest BCUT2D eigenvalue weighted by molar-refractivity contribution is 5.96. The maximum atomic E-state index is 13.5. The van der Waals surface area contributed by atoms with E-state index in [9.17, 15) is 18.8 Å². The highest BCUT2D eigenvalue weighted by atomic mass is 19.1. The van der Waals surface area contributed by atoms with Crippen molar-refractivity contribution in [2.45, 2.75) is 6.92 Å². The zero-order valence-corrected chi connectivity index (χ0v) is 14.0. The summed E-state index contributed by atoms with van der Waals surface area (Å²) in [5.41, 5.74) is 4.03. The van der Waals surface area contributed by atoms with Crippen LogP contribution in [0.5, 0.6) is 5.75 Å². The zero-order valence-electron chi connectivity index (χ0n) is 14.0. The van der Waals surface area contributed by atoms with Gasteiger partial charge >= 0.3 is 5.97 Å². The number of benzene rings is 2. The summed E-state index contributed by atoms with van der Waals surface area (Å²) in [6.45, 7) is 1.51. The third-order valence-corrected chi connectivity index (χ3v) is 3.18. The van der Waals surface area contributed by atoms with Crippen LogP contribution in [0, 0.1) is 5.82 Å². The number of ether oxygens (including phenoxy) is 2. The minimum atomic E-state index is -0.829. The largest absolute Gasteiger partial charge is 0.493 e. The van der Waals surface area contributed by atoms with Crippen molar-refractivity contribution in [1.29, 1.82) is 0 Å². The molecule has 0 saturated carbocycles. The Morgan fingerprint density at radius 1 is 0.962 bits per heavy atom. The first kappa shape index (κ1) is 18.9. The van der Waals surface area contributed by atoms with Gasteiger partial charge < -0.3 is 9.47 Å². The number of hydrogen-bond acceptors (Lipinski definition) is 5. The molecule has 2 aromatic carbocycles. The van der Waals surface area contributed by atoms with Crippen LogP contribution >= 0.6 is 0 Å². The van der Waals surface area contributed by atoms with Gasteiger partial charge in [-0.05, 0) is 31.2 Å². The summed E-state index contributed by atoms with van der Waals surface area (Å²) in [7, 11) is 0. The predicted octanol–water partition coefficient (Wildman–Crippen LogP) is 1.84. The highest BCUT2D eigenvalue weighted by Crippen LogP contribution is 2.18. The van der Waals surface area contributed by atoms with Crippen molar-refractivity contribution in [3.63, 3.8) is 0 Å². The second-order valence-corrected chi connectivity index (χ2v) is 4.99. The molecule has 2 rings (SSSR count). The molecule has 136 valence electrons. The lowest BCUT2D eigenvalue weighted by Crippen LogP contribution is -2.43. The summed E-state index contributed by atoms with van der Waals surface area (Å²) in [6.07, 6.45) is 0. The first-order chi connectivity index (χ1) is 12.5. The maximum absolute atomic E-state index is 13.5. The smallest absolute Gasteiger partial charge is 0.342 e. The highest BCUT2D eigenvalue weighted by Gasteiger charge is 2.16. The molecule has 0 aliphatic rings. The molecule has 0 bridgehead atoms. The van der Waals surface area contributed by atoms with Crippen LogP contribution in [0.15, 0.2) is 48.5 Å². The number of esters is 1. The fraction of sp³-hybridized carbons (Fsp3) is 0.167. The lowest BCUT2D eigenvalue weighted by Gasteiger charge is -2.10. The monoisotopic (exact) mass is 360 g/mol. The van der Waals surface area contributed by atoms with E-state index in [2.05, 4.69) is 0 Å². The van der Waals surface area contributed by atoms with Crippen LogP contribution in [-0.2, 0) is 9.53 Å². The number of amides is 2. The molecule has 0 heterocycles. The zero-order chi connectivity index (χ0) is 18.9. The van der Waals surface area contributed by atoms with Crippen molar-refractivity contribution in [2.24, 2.45) is 0 Å². The van der Waals surface area contributed by atoms with Gasteiger partial charge in [-0.2, -0.15) is 0 Å². The van der Waals surface area contributed by atoms with Crippen molar-refractivity contribution in [3.05, 3.63) is 65.5 Å². The maximum Gasteiger partial charge on any atom is 0.342 e. The summed E-state index contributed by atoms with van der Waals surface area (Å²) in [5, 5.41) is 0. The predicted molar refractivity (Wildman–Crippen MR) is 89.9 cm³/mol. The molecule has 0 aliphatic heterocycles. The van der Waals surface area contributed by atoms with Crippen LogP contribution < -0.4 is 15.6 Å². The van der Waals surface area contributed by atoms with E-state index in [4.69, 9.17) is 9.47 Å². The first-order valence-corrected chi connectivity index (χ1v) is 7.75. The van der Waals surface area contributed by atoms with E-state index in [1.807, 2.05) is 10.9 Å². The third kappa shape index (κ3) is 5.04. The van der Waals surface area contributed by atoms with Crippen LogP contribution in [0.1, 0.15) is 27.6 Å². The van der Waals surface area contributed by atoms with E-state index in [1.54, 1.807) is 25.1 Å². The summed E-state index contributed by atoms with van der Waals surface area (Å²) in [6, 6.07) is 11.7. The number of hydrazine groups is 1. The fourth-order valence-corrected chi connectivity index (χ4v) is 2.00. The van der Waals surface area contributed by atoms with E-state index in [1.165, 1.54) is 24.3 Å². The van der Waals surface area contributed by atoms with E-state index >= 15 is 0 Å². The van der Waals surface area contributed by atoms with E-state index in [-0.39, 0.29) is 11.1 Å². The Kier molecular flexibility index (Phi) is 6.67. The Bertz CT molecular complexity index is 810. The standard InChI is InChI=1S/C18H17FN2O5/c1-2-25-15-10-6-4-8-13(15)18(24)26-11-16(22)20-21-17(23)12-7-3-5-9-14(12)19/h3-10H,2,11H2,1H3,(H,20,22)(H,21,23). The second-order valence-electron chi connectivity index (χ2n) is 4.99. The van der Waals surface area contributed by atoms with E-state index in [0.717, 1.165) is 6.07 Å². The summed E-state index contributed by atoms with van der Waals surface area (Å²) >= 11 is 0. The molecule has 2 N–H and O–H groups in total. The van der Waals surface area contributed by atoms with Gasteiger partial charge in [-0.1, -0.05) is 24.3 Å². The Hall–Kier alpha value is -3.42. The van der Waals surface area contributed by atoms with Gasteiger partial charge in [-0.15, -0.1) is 0 Å². The second kappa shape index (κ2) is 9.16. The average Bonchev–Trinajstić information content (AvgIpc) is 2.65. The topological polar surface area (TPSA) is 93.7 Å². The van der Waals surface area contributed by atoms with Crippen LogP contribution in [0.25, 0.3) is 0 Å². The summed E-state index contributed by atoms with van der Waals surface area (Å²) in [4.78, 5) is 35.5. The van der Waals surface area contributed by atoms with Crippen molar-refractivity contribution in [3.8, 4) is 5.75 Å². The molecule has 2 aromatic rings.